The van der Waals surface area contributed by atoms with Crippen LogP contribution in [0.1, 0.15) is 67.2 Å². The van der Waals surface area contributed by atoms with Crippen LogP contribution in [0.3, 0.4) is 0 Å². The van der Waals surface area contributed by atoms with Crippen LogP contribution in [0, 0.1) is 0 Å². The molecule has 7 nitrogen and oxygen atoms in total. The third-order valence-electron chi connectivity index (χ3n) is 5.62. The van der Waals surface area contributed by atoms with E-state index >= 15 is 0 Å². The van der Waals surface area contributed by atoms with E-state index in [9.17, 15) is 9.59 Å². The SMILES string of the molecule is CCCCCCOc1ccc(C(=O)NC(=S)Nc2ccc(C(=O)NCCN(CC)CC)cc2)cc1. The lowest BCUT2D eigenvalue weighted by Gasteiger charge is -2.18. The van der Waals surface area contributed by atoms with Gasteiger partial charge in [-0.25, -0.2) is 0 Å². The Morgan fingerprint density at radius 3 is 2.11 bits per heavy atom. The zero-order valence-electron chi connectivity index (χ0n) is 21.1. The first-order valence-corrected chi connectivity index (χ1v) is 12.8. The third-order valence-corrected chi connectivity index (χ3v) is 5.83. The van der Waals surface area contributed by atoms with E-state index in [2.05, 4.69) is 41.6 Å². The van der Waals surface area contributed by atoms with Gasteiger partial charge in [-0.3, -0.25) is 14.9 Å². The van der Waals surface area contributed by atoms with Crippen LogP contribution in [0.2, 0.25) is 0 Å². The number of carbonyl (C=O) groups excluding carboxylic acids is 2. The molecule has 3 N–H and O–H groups in total. The molecule has 2 aromatic carbocycles. The number of nitrogens with one attached hydrogen (secondary N) is 3. The fourth-order valence-corrected chi connectivity index (χ4v) is 3.64. The highest BCUT2D eigenvalue weighted by Crippen LogP contribution is 2.14. The highest BCUT2D eigenvalue weighted by atomic mass is 32.1. The average Bonchev–Trinajstić information content (AvgIpc) is 2.87. The standard InChI is InChI=1S/C27H38N4O3S/c1-4-7-8-9-20-34-24-16-12-22(13-17-24)26(33)30-27(35)29-23-14-10-21(11-15-23)25(32)28-18-19-31(5-2)6-3/h10-17H,4-9,18-20H2,1-3H3,(H,28,32)(H2,29,30,33,35). The molecule has 2 amide bonds. The van der Waals surface area contributed by atoms with E-state index in [1.54, 1.807) is 48.5 Å². The third kappa shape index (κ3) is 10.4. The second-order valence-electron chi connectivity index (χ2n) is 8.20. The van der Waals surface area contributed by atoms with E-state index in [0.717, 1.165) is 38.2 Å². The minimum Gasteiger partial charge on any atom is -0.494 e. The minimum atomic E-state index is -0.304. The molecule has 35 heavy (non-hydrogen) atoms. The fraction of sp³-hybridized carbons (Fsp3) is 0.444. The molecule has 0 spiro atoms. The molecule has 190 valence electrons. The molecule has 0 aliphatic rings. The Morgan fingerprint density at radius 1 is 0.857 bits per heavy atom. The number of hydrogen-bond acceptors (Lipinski definition) is 5. The van der Waals surface area contributed by atoms with Gasteiger partial charge in [-0.15, -0.1) is 0 Å². The zero-order valence-corrected chi connectivity index (χ0v) is 21.9. The van der Waals surface area contributed by atoms with Crippen molar-refractivity contribution in [2.45, 2.75) is 46.5 Å². The summed E-state index contributed by atoms with van der Waals surface area (Å²) in [5, 5.41) is 8.76. The van der Waals surface area contributed by atoms with Crippen LogP contribution in [0.4, 0.5) is 5.69 Å². The van der Waals surface area contributed by atoms with Crippen molar-refractivity contribution < 1.29 is 14.3 Å². The van der Waals surface area contributed by atoms with E-state index in [-0.39, 0.29) is 16.9 Å². The van der Waals surface area contributed by atoms with Gasteiger partial charge in [0, 0.05) is 29.9 Å². The molecule has 0 radical (unpaired) electrons. The van der Waals surface area contributed by atoms with Gasteiger partial charge in [0.2, 0.25) is 0 Å². The van der Waals surface area contributed by atoms with Gasteiger partial charge in [-0.1, -0.05) is 40.0 Å². The Bertz CT molecular complexity index is 928. The van der Waals surface area contributed by atoms with Crippen molar-refractivity contribution in [1.29, 1.82) is 0 Å². The number of carbonyl (C=O) groups is 2. The second kappa shape index (κ2) is 15.8. The number of hydrogen-bond donors (Lipinski definition) is 3. The quantitative estimate of drug-likeness (QED) is 0.255. The molecule has 0 unspecified atom stereocenters. The predicted octanol–water partition coefficient (Wildman–Crippen LogP) is 4.84. The topological polar surface area (TPSA) is 82.7 Å². The molecule has 0 fully saturated rings. The molecular formula is C27H38N4O3S. The number of unbranched alkanes of at least 4 members (excludes halogenated alkanes) is 3. The first kappa shape index (κ1) is 28.3. The van der Waals surface area contributed by atoms with Crippen molar-refractivity contribution >= 4 is 34.8 Å². The average molecular weight is 499 g/mol. The van der Waals surface area contributed by atoms with Crippen molar-refractivity contribution in [1.82, 2.24) is 15.5 Å². The number of amides is 2. The van der Waals surface area contributed by atoms with Gasteiger partial charge in [0.05, 0.1) is 6.61 Å². The van der Waals surface area contributed by atoms with Crippen LogP contribution >= 0.6 is 12.2 Å². The first-order valence-electron chi connectivity index (χ1n) is 12.4. The molecule has 0 atom stereocenters. The van der Waals surface area contributed by atoms with E-state index < -0.39 is 0 Å². The Kier molecular flexibility index (Phi) is 12.8. The number of nitrogens with zero attached hydrogens (tertiary/aromatic N) is 1. The van der Waals surface area contributed by atoms with Gasteiger partial charge in [0.1, 0.15) is 5.75 Å². The number of likely N-dealkylation sites (N-methyl/N-ethyl adjacent to an activating group) is 1. The monoisotopic (exact) mass is 498 g/mol. The molecule has 0 aliphatic heterocycles. The fourth-order valence-electron chi connectivity index (χ4n) is 3.43. The smallest absolute Gasteiger partial charge is 0.257 e. The van der Waals surface area contributed by atoms with Gasteiger partial charge in [-0.2, -0.15) is 0 Å². The van der Waals surface area contributed by atoms with Crippen molar-refractivity contribution in [3.05, 3.63) is 59.7 Å². The van der Waals surface area contributed by atoms with Crippen molar-refractivity contribution in [3.63, 3.8) is 0 Å². The largest absolute Gasteiger partial charge is 0.494 e. The van der Waals surface area contributed by atoms with Crippen molar-refractivity contribution in [2.75, 3.05) is 38.1 Å². The second-order valence-corrected chi connectivity index (χ2v) is 8.61. The number of rotatable bonds is 14. The summed E-state index contributed by atoms with van der Waals surface area (Å²) in [6.45, 7) is 10.4. The number of thiocarbonyl (C=S) groups is 1. The highest BCUT2D eigenvalue weighted by molar-refractivity contribution is 7.80. The molecule has 2 rings (SSSR count). The number of ether oxygens (including phenoxy) is 1. The first-order chi connectivity index (χ1) is 17.0. The van der Waals surface area contributed by atoms with E-state index in [0.29, 0.717) is 30.0 Å². The van der Waals surface area contributed by atoms with E-state index in [1.807, 2.05) is 0 Å². The summed E-state index contributed by atoms with van der Waals surface area (Å²) in [5.74, 6) is 0.324. The zero-order chi connectivity index (χ0) is 25.5. The van der Waals surface area contributed by atoms with E-state index in [1.165, 1.54) is 12.8 Å². The Balaban J connectivity index is 1.77. The summed E-state index contributed by atoms with van der Waals surface area (Å²) in [7, 11) is 0. The van der Waals surface area contributed by atoms with E-state index in [4.69, 9.17) is 17.0 Å². The maximum atomic E-state index is 12.5. The van der Waals surface area contributed by atoms with Crippen LogP contribution in [-0.4, -0.2) is 54.6 Å². The lowest BCUT2D eigenvalue weighted by Crippen LogP contribution is -2.35. The lowest BCUT2D eigenvalue weighted by molar-refractivity contribution is 0.0947. The summed E-state index contributed by atoms with van der Waals surface area (Å²) in [5.41, 5.74) is 1.74. The molecule has 2 aromatic rings. The molecule has 0 aliphatic carbocycles. The van der Waals surface area contributed by atoms with Crippen LogP contribution in [0.15, 0.2) is 48.5 Å². The maximum Gasteiger partial charge on any atom is 0.257 e. The summed E-state index contributed by atoms with van der Waals surface area (Å²) in [4.78, 5) is 27.1. The summed E-state index contributed by atoms with van der Waals surface area (Å²) < 4.78 is 5.72. The summed E-state index contributed by atoms with van der Waals surface area (Å²) in [6, 6.07) is 14.0. The number of anilines is 1. The summed E-state index contributed by atoms with van der Waals surface area (Å²) >= 11 is 5.27. The Morgan fingerprint density at radius 2 is 1.49 bits per heavy atom. The van der Waals surface area contributed by atoms with Crippen LogP contribution in [-0.2, 0) is 0 Å². The van der Waals surface area contributed by atoms with Crippen LogP contribution in [0.5, 0.6) is 5.75 Å². The molecule has 0 saturated carbocycles. The molecule has 0 heterocycles. The van der Waals surface area contributed by atoms with Crippen molar-refractivity contribution in [3.8, 4) is 5.75 Å². The van der Waals surface area contributed by atoms with Gasteiger partial charge in [-0.05, 0) is 80.3 Å². The lowest BCUT2D eigenvalue weighted by atomic mass is 10.2. The molecule has 8 heteroatoms. The van der Waals surface area contributed by atoms with Gasteiger partial charge in [0.15, 0.2) is 5.11 Å². The molecule has 0 saturated heterocycles. The maximum absolute atomic E-state index is 12.5. The van der Waals surface area contributed by atoms with Crippen LogP contribution < -0.4 is 20.7 Å². The molecule has 0 aromatic heterocycles. The van der Waals surface area contributed by atoms with Crippen LogP contribution in [0.25, 0.3) is 0 Å². The Labute approximate surface area is 214 Å². The van der Waals surface area contributed by atoms with Gasteiger partial charge >= 0.3 is 0 Å². The number of benzene rings is 2. The van der Waals surface area contributed by atoms with Gasteiger partial charge in [0.25, 0.3) is 11.8 Å². The van der Waals surface area contributed by atoms with Gasteiger partial charge < -0.3 is 20.3 Å². The van der Waals surface area contributed by atoms with Crippen molar-refractivity contribution in [2.24, 2.45) is 0 Å². The Hall–Kier alpha value is -2.97. The molecular weight excluding hydrogens is 460 g/mol. The summed E-state index contributed by atoms with van der Waals surface area (Å²) in [6.07, 6.45) is 4.60. The predicted molar refractivity (Wildman–Crippen MR) is 146 cm³/mol. The highest BCUT2D eigenvalue weighted by Gasteiger charge is 2.10. The molecule has 0 bridgehead atoms. The normalized spacial score (nSPS) is 10.6. The minimum absolute atomic E-state index is 0.118.